The Labute approximate surface area is 139 Å². The highest BCUT2D eigenvalue weighted by Gasteiger charge is 2.36. The number of rotatable bonds is 3. The van der Waals surface area contributed by atoms with Crippen molar-refractivity contribution >= 4 is 34.4 Å². The lowest BCUT2D eigenvalue weighted by Crippen LogP contribution is -2.32. The van der Waals surface area contributed by atoms with E-state index in [1.807, 2.05) is 11.8 Å². The summed E-state index contributed by atoms with van der Waals surface area (Å²) in [6, 6.07) is 0.202. The number of nitrogens with zero attached hydrogens (tertiary/aromatic N) is 4. The molecule has 120 valence electrons. The van der Waals surface area contributed by atoms with Crippen LogP contribution < -0.4 is 5.32 Å². The molecule has 1 amide bonds. The summed E-state index contributed by atoms with van der Waals surface area (Å²) < 4.78 is 0. The summed E-state index contributed by atoms with van der Waals surface area (Å²) in [6.07, 6.45) is 6.45. The molecule has 0 unspecified atom stereocenters. The maximum atomic E-state index is 12.1. The lowest BCUT2D eigenvalue weighted by Gasteiger charge is -2.17. The van der Waals surface area contributed by atoms with Crippen LogP contribution in [0.15, 0.2) is 12.4 Å². The molecule has 0 spiro atoms. The number of pyridine rings is 1. The van der Waals surface area contributed by atoms with E-state index >= 15 is 0 Å². The molecular formula is C16H18ClN5O. The van der Waals surface area contributed by atoms with E-state index in [0.717, 1.165) is 48.8 Å². The van der Waals surface area contributed by atoms with E-state index in [9.17, 15) is 4.79 Å². The number of likely N-dealkylation sites (tertiary alicyclic amines) is 1. The van der Waals surface area contributed by atoms with Gasteiger partial charge in [-0.3, -0.25) is 4.79 Å². The van der Waals surface area contributed by atoms with Crippen LogP contribution in [-0.4, -0.2) is 44.9 Å². The Kier molecular flexibility index (Phi) is 3.56. The van der Waals surface area contributed by atoms with Gasteiger partial charge in [0.25, 0.3) is 0 Å². The summed E-state index contributed by atoms with van der Waals surface area (Å²) in [5.74, 6) is 1.17. The maximum Gasteiger partial charge on any atom is 0.225 e. The molecule has 7 heteroatoms. The number of hydrogen-bond acceptors (Lipinski definition) is 5. The number of aryl methyl sites for hydroxylation is 1. The monoisotopic (exact) mass is 331 g/mol. The molecule has 2 aromatic heterocycles. The van der Waals surface area contributed by atoms with Crippen LogP contribution in [0.2, 0.25) is 5.15 Å². The zero-order valence-electron chi connectivity index (χ0n) is 12.9. The van der Waals surface area contributed by atoms with E-state index in [-0.39, 0.29) is 12.0 Å². The molecular weight excluding hydrogens is 314 g/mol. The van der Waals surface area contributed by atoms with Gasteiger partial charge in [-0.2, -0.15) is 0 Å². The van der Waals surface area contributed by atoms with Crippen LogP contribution in [-0.2, 0) is 4.79 Å². The third-order valence-corrected chi connectivity index (χ3v) is 4.82. The number of halogens is 1. The minimum Gasteiger partial charge on any atom is -0.350 e. The van der Waals surface area contributed by atoms with Crippen molar-refractivity contribution in [2.45, 2.75) is 32.2 Å². The van der Waals surface area contributed by atoms with Crippen molar-refractivity contribution in [2.75, 3.05) is 18.4 Å². The van der Waals surface area contributed by atoms with E-state index < -0.39 is 0 Å². The predicted octanol–water partition coefficient (Wildman–Crippen LogP) is 2.41. The first-order valence-electron chi connectivity index (χ1n) is 7.95. The van der Waals surface area contributed by atoms with E-state index in [1.54, 1.807) is 12.4 Å². The number of fused-ring (bicyclic) bond motifs is 1. The maximum absolute atomic E-state index is 12.1. The lowest BCUT2D eigenvalue weighted by molar-refractivity contribution is -0.131. The van der Waals surface area contributed by atoms with Crippen LogP contribution in [0.3, 0.4) is 0 Å². The molecule has 2 fully saturated rings. The summed E-state index contributed by atoms with van der Waals surface area (Å²) >= 11 is 6.09. The van der Waals surface area contributed by atoms with Gasteiger partial charge in [0.2, 0.25) is 11.9 Å². The number of anilines is 1. The van der Waals surface area contributed by atoms with Crippen molar-refractivity contribution in [3.8, 4) is 0 Å². The molecule has 3 heterocycles. The van der Waals surface area contributed by atoms with Crippen molar-refractivity contribution in [2.24, 2.45) is 5.92 Å². The minimum atomic E-state index is 0.202. The Hall–Kier alpha value is -1.95. The largest absolute Gasteiger partial charge is 0.350 e. The molecule has 2 aromatic rings. The first-order chi connectivity index (χ1) is 11.1. The summed E-state index contributed by atoms with van der Waals surface area (Å²) in [5, 5.41) is 4.52. The topological polar surface area (TPSA) is 71.0 Å². The number of amides is 1. The van der Waals surface area contributed by atoms with Gasteiger partial charge in [0.15, 0.2) is 0 Å². The van der Waals surface area contributed by atoms with E-state index in [4.69, 9.17) is 11.6 Å². The van der Waals surface area contributed by atoms with Crippen LogP contribution in [0, 0.1) is 12.8 Å². The highest BCUT2D eigenvalue weighted by atomic mass is 35.5. The summed E-state index contributed by atoms with van der Waals surface area (Å²) in [4.78, 5) is 27.1. The average molecular weight is 332 g/mol. The average Bonchev–Trinajstić information content (AvgIpc) is 3.30. The Morgan fingerprint density at radius 1 is 1.30 bits per heavy atom. The third-order valence-electron chi connectivity index (χ3n) is 4.52. The van der Waals surface area contributed by atoms with Gasteiger partial charge in [-0.15, -0.1) is 0 Å². The number of carbonyl (C=O) groups excluding carboxylic acids is 1. The van der Waals surface area contributed by atoms with E-state index in [2.05, 4.69) is 20.3 Å². The molecule has 1 saturated carbocycles. The van der Waals surface area contributed by atoms with Crippen LogP contribution in [0.25, 0.3) is 10.9 Å². The number of aromatic nitrogens is 3. The van der Waals surface area contributed by atoms with Gasteiger partial charge in [0.1, 0.15) is 5.15 Å². The molecule has 23 heavy (non-hydrogen) atoms. The van der Waals surface area contributed by atoms with Crippen molar-refractivity contribution < 1.29 is 4.79 Å². The summed E-state index contributed by atoms with van der Waals surface area (Å²) in [7, 11) is 0. The molecule has 0 aromatic carbocycles. The van der Waals surface area contributed by atoms with Crippen LogP contribution in [0.1, 0.15) is 24.8 Å². The molecule has 1 atom stereocenters. The lowest BCUT2D eigenvalue weighted by atomic mass is 10.2. The SMILES string of the molecule is Cc1cnc(Cl)c2cnc(N[C@H]3CCN(C(=O)C4CC4)C3)nc12. The van der Waals surface area contributed by atoms with Gasteiger partial charge in [0.05, 0.1) is 10.9 Å². The van der Waals surface area contributed by atoms with Crippen LogP contribution >= 0.6 is 11.6 Å². The van der Waals surface area contributed by atoms with Crippen LogP contribution in [0.5, 0.6) is 0 Å². The molecule has 4 rings (SSSR count). The highest BCUT2D eigenvalue weighted by Crippen LogP contribution is 2.32. The Morgan fingerprint density at radius 3 is 2.91 bits per heavy atom. The van der Waals surface area contributed by atoms with Gasteiger partial charge in [-0.1, -0.05) is 11.6 Å². The molecule has 1 saturated heterocycles. The first-order valence-corrected chi connectivity index (χ1v) is 8.33. The standard InChI is InChI=1S/C16H18ClN5O/c1-9-6-18-14(17)12-7-19-16(21-13(9)12)20-11-4-5-22(8-11)15(23)10-2-3-10/h6-7,10-11H,2-5,8H2,1H3,(H,19,20,21)/t11-/m0/s1. The Bertz CT molecular complexity index is 776. The normalized spacial score (nSPS) is 21.0. The second-order valence-corrected chi connectivity index (χ2v) is 6.73. The molecule has 0 radical (unpaired) electrons. The quantitative estimate of drug-likeness (QED) is 0.874. The number of carbonyl (C=O) groups is 1. The first kappa shape index (κ1) is 14.6. The number of nitrogens with one attached hydrogen (secondary N) is 1. The van der Waals surface area contributed by atoms with Crippen molar-refractivity contribution in [3.63, 3.8) is 0 Å². The van der Waals surface area contributed by atoms with E-state index in [0.29, 0.717) is 17.0 Å². The van der Waals surface area contributed by atoms with Crippen molar-refractivity contribution in [3.05, 3.63) is 23.1 Å². The molecule has 1 aliphatic heterocycles. The van der Waals surface area contributed by atoms with Crippen molar-refractivity contribution in [1.29, 1.82) is 0 Å². The number of hydrogen-bond donors (Lipinski definition) is 1. The smallest absolute Gasteiger partial charge is 0.225 e. The molecule has 6 nitrogen and oxygen atoms in total. The van der Waals surface area contributed by atoms with Gasteiger partial charge < -0.3 is 10.2 Å². The zero-order valence-corrected chi connectivity index (χ0v) is 13.7. The fourth-order valence-corrected chi connectivity index (χ4v) is 3.22. The van der Waals surface area contributed by atoms with Gasteiger partial charge in [0, 0.05) is 37.4 Å². The summed E-state index contributed by atoms with van der Waals surface area (Å²) in [6.45, 7) is 3.50. The molecule has 2 aliphatic rings. The molecule has 1 aliphatic carbocycles. The van der Waals surface area contributed by atoms with Gasteiger partial charge in [-0.05, 0) is 31.7 Å². The molecule has 0 bridgehead atoms. The fraction of sp³-hybridized carbons (Fsp3) is 0.500. The second kappa shape index (κ2) is 5.60. The molecule has 1 N–H and O–H groups in total. The van der Waals surface area contributed by atoms with Crippen molar-refractivity contribution in [1.82, 2.24) is 19.9 Å². The second-order valence-electron chi connectivity index (χ2n) is 6.38. The van der Waals surface area contributed by atoms with Gasteiger partial charge in [-0.25, -0.2) is 15.0 Å². The van der Waals surface area contributed by atoms with Crippen LogP contribution in [0.4, 0.5) is 5.95 Å². The third kappa shape index (κ3) is 2.83. The van der Waals surface area contributed by atoms with E-state index in [1.165, 1.54) is 0 Å². The highest BCUT2D eigenvalue weighted by molar-refractivity contribution is 6.34. The Balaban J connectivity index is 1.50. The fourth-order valence-electron chi connectivity index (χ4n) is 3.04. The summed E-state index contributed by atoms with van der Waals surface area (Å²) in [5.41, 5.74) is 1.78. The predicted molar refractivity (Wildman–Crippen MR) is 88.4 cm³/mol. The zero-order chi connectivity index (χ0) is 16.0. The Morgan fingerprint density at radius 2 is 2.13 bits per heavy atom. The van der Waals surface area contributed by atoms with Gasteiger partial charge >= 0.3 is 0 Å². The minimum absolute atomic E-state index is 0.202.